The molecule has 5 nitrogen and oxygen atoms in total. The summed E-state index contributed by atoms with van der Waals surface area (Å²) in [6, 6.07) is 12.5. The summed E-state index contributed by atoms with van der Waals surface area (Å²) in [5.41, 5.74) is 2.05. The van der Waals surface area contributed by atoms with Crippen LogP contribution in [0.4, 0.5) is 0 Å². The molecule has 0 aliphatic rings. The molecule has 24 heavy (non-hydrogen) atoms. The van der Waals surface area contributed by atoms with Crippen LogP contribution in [-0.4, -0.2) is 23.1 Å². The standard InChI is InChI=1S/C17H21NO4S2/c1-4-14-5-7-15(8-6-14)13(2)18-24(21,22)17-11-9-16(10-12-17)23(3,19)20/h5-13,18H,4H2,1-3H3. The van der Waals surface area contributed by atoms with Crippen LogP contribution in [0.5, 0.6) is 0 Å². The van der Waals surface area contributed by atoms with E-state index >= 15 is 0 Å². The zero-order valence-corrected chi connectivity index (χ0v) is 15.5. The van der Waals surface area contributed by atoms with Gasteiger partial charge in [0, 0.05) is 12.3 Å². The molecule has 1 N–H and O–H groups in total. The summed E-state index contributed by atoms with van der Waals surface area (Å²) in [6.45, 7) is 3.82. The summed E-state index contributed by atoms with van der Waals surface area (Å²) in [5.74, 6) is 0. The highest BCUT2D eigenvalue weighted by Crippen LogP contribution is 2.19. The van der Waals surface area contributed by atoms with Crippen molar-refractivity contribution in [3.05, 3.63) is 59.7 Å². The monoisotopic (exact) mass is 367 g/mol. The molecular formula is C17H21NO4S2. The molecule has 0 spiro atoms. The van der Waals surface area contributed by atoms with Crippen LogP contribution in [0.3, 0.4) is 0 Å². The summed E-state index contributed by atoms with van der Waals surface area (Å²) in [5, 5.41) is 0. The number of sulfone groups is 1. The van der Waals surface area contributed by atoms with Gasteiger partial charge in [-0.3, -0.25) is 0 Å². The highest BCUT2D eigenvalue weighted by Gasteiger charge is 2.19. The number of rotatable bonds is 6. The van der Waals surface area contributed by atoms with E-state index in [1.165, 1.54) is 29.8 Å². The van der Waals surface area contributed by atoms with Crippen molar-refractivity contribution in [2.45, 2.75) is 36.1 Å². The molecule has 2 rings (SSSR count). The van der Waals surface area contributed by atoms with Gasteiger partial charge in [0.1, 0.15) is 0 Å². The predicted octanol–water partition coefficient (Wildman–Crippen LogP) is 2.69. The van der Waals surface area contributed by atoms with Crippen LogP contribution in [-0.2, 0) is 26.3 Å². The highest BCUT2D eigenvalue weighted by atomic mass is 32.2. The first-order valence-electron chi connectivity index (χ1n) is 7.55. The first-order valence-corrected chi connectivity index (χ1v) is 10.9. The molecule has 0 aliphatic heterocycles. The number of hydrogen-bond donors (Lipinski definition) is 1. The number of sulfonamides is 1. The van der Waals surface area contributed by atoms with Gasteiger partial charge in [-0.1, -0.05) is 31.2 Å². The highest BCUT2D eigenvalue weighted by molar-refractivity contribution is 7.90. The lowest BCUT2D eigenvalue weighted by Crippen LogP contribution is -2.26. The normalized spacial score (nSPS) is 13.6. The van der Waals surface area contributed by atoms with Gasteiger partial charge in [0.25, 0.3) is 0 Å². The molecule has 2 aromatic rings. The van der Waals surface area contributed by atoms with E-state index in [4.69, 9.17) is 0 Å². The number of nitrogens with one attached hydrogen (secondary N) is 1. The Morgan fingerprint density at radius 2 is 1.38 bits per heavy atom. The van der Waals surface area contributed by atoms with Crippen LogP contribution in [0.2, 0.25) is 0 Å². The molecule has 0 saturated carbocycles. The Kier molecular flexibility index (Phi) is 5.47. The van der Waals surface area contributed by atoms with Crippen molar-refractivity contribution in [3.63, 3.8) is 0 Å². The Hall–Kier alpha value is -1.70. The fourth-order valence-corrected chi connectivity index (χ4v) is 4.14. The van der Waals surface area contributed by atoms with Crippen LogP contribution in [0.15, 0.2) is 58.3 Å². The van der Waals surface area contributed by atoms with Crippen molar-refractivity contribution >= 4 is 19.9 Å². The van der Waals surface area contributed by atoms with Crippen molar-refractivity contribution in [3.8, 4) is 0 Å². The predicted molar refractivity (Wildman–Crippen MR) is 94.1 cm³/mol. The van der Waals surface area contributed by atoms with Crippen molar-refractivity contribution in [2.75, 3.05) is 6.26 Å². The molecule has 7 heteroatoms. The lowest BCUT2D eigenvalue weighted by Gasteiger charge is -2.15. The minimum Gasteiger partial charge on any atom is -0.224 e. The second-order valence-corrected chi connectivity index (χ2v) is 9.41. The lowest BCUT2D eigenvalue weighted by molar-refractivity contribution is 0.566. The molecule has 0 fully saturated rings. The van der Waals surface area contributed by atoms with Gasteiger partial charge in [0.2, 0.25) is 10.0 Å². The van der Waals surface area contributed by atoms with Crippen LogP contribution in [0, 0.1) is 0 Å². The van der Waals surface area contributed by atoms with E-state index in [0.717, 1.165) is 18.2 Å². The summed E-state index contributed by atoms with van der Waals surface area (Å²) in [6.07, 6.45) is 2.00. The SMILES string of the molecule is CCc1ccc(C(C)NS(=O)(=O)c2ccc(S(C)(=O)=O)cc2)cc1. The first kappa shape index (κ1) is 18.6. The Morgan fingerprint density at radius 1 is 0.875 bits per heavy atom. The summed E-state index contributed by atoms with van der Waals surface area (Å²) >= 11 is 0. The average molecular weight is 367 g/mol. The third-order valence-electron chi connectivity index (χ3n) is 3.78. The zero-order chi connectivity index (χ0) is 18.0. The van der Waals surface area contributed by atoms with Gasteiger partial charge < -0.3 is 0 Å². The van der Waals surface area contributed by atoms with Gasteiger partial charge in [0.05, 0.1) is 9.79 Å². The summed E-state index contributed by atoms with van der Waals surface area (Å²) in [4.78, 5) is 0.122. The minimum absolute atomic E-state index is 0.0342. The maximum absolute atomic E-state index is 12.4. The van der Waals surface area contributed by atoms with E-state index in [9.17, 15) is 16.8 Å². The van der Waals surface area contributed by atoms with E-state index in [1.54, 1.807) is 6.92 Å². The molecular weight excluding hydrogens is 346 g/mol. The van der Waals surface area contributed by atoms with Gasteiger partial charge in [-0.2, -0.15) is 0 Å². The van der Waals surface area contributed by atoms with Gasteiger partial charge in [-0.05, 0) is 48.7 Å². The lowest BCUT2D eigenvalue weighted by atomic mass is 10.1. The number of benzene rings is 2. The molecule has 1 atom stereocenters. The molecule has 2 aromatic carbocycles. The van der Waals surface area contributed by atoms with Crippen molar-refractivity contribution in [2.24, 2.45) is 0 Å². The van der Waals surface area contributed by atoms with E-state index < -0.39 is 25.9 Å². The molecule has 0 heterocycles. The van der Waals surface area contributed by atoms with Gasteiger partial charge in [-0.15, -0.1) is 0 Å². The van der Waals surface area contributed by atoms with Gasteiger partial charge in [-0.25, -0.2) is 21.6 Å². The third kappa shape index (κ3) is 4.43. The van der Waals surface area contributed by atoms with Gasteiger partial charge in [0.15, 0.2) is 9.84 Å². The van der Waals surface area contributed by atoms with Crippen molar-refractivity contribution < 1.29 is 16.8 Å². The topological polar surface area (TPSA) is 80.3 Å². The maximum atomic E-state index is 12.4. The first-order chi connectivity index (χ1) is 11.1. The van der Waals surface area contributed by atoms with Crippen LogP contribution < -0.4 is 4.72 Å². The molecule has 0 amide bonds. The van der Waals surface area contributed by atoms with Gasteiger partial charge >= 0.3 is 0 Å². The Labute approximate surface area is 143 Å². The van der Waals surface area contributed by atoms with E-state index in [-0.39, 0.29) is 9.79 Å². The molecule has 130 valence electrons. The second-order valence-electron chi connectivity index (χ2n) is 5.68. The van der Waals surface area contributed by atoms with Crippen LogP contribution >= 0.6 is 0 Å². The van der Waals surface area contributed by atoms with Crippen LogP contribution in [0.1, 0.15) is 31.0 Å². The van der Waals surface area contributed by atoms with E-state index in [0.29, 0.717) is 0 Å². The maximum Gasteiger partial charge on any atom is 0.241 e. The molecule has 1 unspecified atom stereocenters. The quantitative estimate of drug-likeness (QED) is 0.851. The molecule has 0 aliphatic carbocycles. The summed E-state index contributed by atoms with van der Waals surface area (Å²) < 4.78 is 50.4. The number of hydrogen-bond acceptors (Lipinski definition) is 4. The minimum atomic E-state index is -3.73. The Morgan fingerprint density at radius 3 is 1.83 bits per heavy atom. The van der Waals surface area contributed by atoms with E-state index in [1.807, 2.05) is 24.3 Å². The smallest absolute Gasteiger partial charge is 0.224 e. The van der Waals surface area contributed by atoms with E-state index in [2.05, 4.69) is 11.6 Å². The average Bonchev–Trinajstić information content (AvgIpc) is 2.54. The Bertz CT molecular complexity index is 900. The van der Waals surface area contributed by atoms with Crippen LogP contribution in [0.25, 0.3) is 0 Å². The fourth-order valence-electron chi connectivity index (χ4n) is 2.28. The molecule has 0 bridgehead atoms. The molecule has 0 saturated heterocycles. The zero-order valence-electron chi connectivity index (χ0n) is 13.9. The Balaban J connectivity index is 2.20. The molecule has 0 aromatic heterocycles. The summed E-state index contributed by atoms with van der Waals surface area (Å²) in [7, 11) is -7.08. The number of aryl methyl sites for hydroxylation is 1. The van der Waals surface area contributed by atoms with Crippen molar-refractivity contribution in [1.29, 1.82) is 0 Å². The molecule has 0 radical (unpaired) electrons. The van der Waals surface area contributed by atoms with Crippen molar-refractivity contribution in [1.82, 2.24) is 4.72 Å². The second kappa shape index (κ2) is 7.04. The largest absolute Gasteiger partial charge is 0.241 e. The fraction of sp³-hybridized carbons (Fsp3) is 0.294. The third-order valence-corrected chi connectivity index (χ3v) is 6.47.